The van der Waals surface area contributed by atoms with Crippen molar-refractivity contribution in [2.75, 3.05) is 12.4 Å². The molecule has 2 rings (SSSR count). The van der Waals surface area contributed by atoms with E-state index in [0.717, 1.165) is 12.1 Å². The number of nitrogens with zero attached hydrogens (tertiary/aromatic N) is 1. The van der Waals surface area contributed by atoms with Crippen LogP contribution >= 0.6 is 23.2 Å². The van der Waals surface area contributed by atoms with Gasteiger partial charge in [0.1, 0.15) is 16.7 Å². The number of benzene rings is 1. The molecule has 1 aromatic heterocycles. The molecule has 0 unspecified atom stereocenters. The Balaban J connectivity index is 2.40. The number of nitrogens with one attached hydrogen (secondary N) is 1. The molecule has 0 saturated carbocycles. The molecule has 0 bridgehead atoms. The van der Waals surface area contributed by atoms with E-state index in [2.05, 4.69) is 10.3 Å². The average molecular weight is 337 g/mol. The number of pyridine rings is 1. The Kier molecular flexibility index (Phi) is 4.49. The van der Waals surface area contributed by atoms with Crippen molar-refractivity contribution in [3.05, 3.63) is 46.1 Å². The zero-order valence-corrected chi connectivity index (χ0v) is 12.1. The largest absolute Gasteiger partial charge is 0.495 e. The second-order valence-corrected chi connectivity index (χ2v) is 4.85. The molecule has 1 heterocycles. The van der Waals surface area contributed by atoms with Crippen molar-refractivity contribution >= 4 is 34.7 Å². The lowest BCUT2D eigenvalue weighted by Gasteiger charge is -2.13. The molecule has 112 valence electrons. The van der Waals surface area contributed by atoms with E-state index >= 15 is 0 Å². The summed E-state index contributed by atoms with van der Waals surface area (Å²) in [4.78, 5) is 3.80. The van der Waals surface area contributed by atoms with Crippen LogP contribution in [-0.4, -0.2) is 12.1 Å². The van der Waals surface area contributed by atoms with Gasteiger partial charge in [-0.25, -0.2) is 4.98 Å². The van der Waals surface area contributed by atoms with Crippen LogP contribution in [0.5, 0.6) is 5.75 Å². The Hall–Kier alpha value is -1.66. The first-order valence-corrected chi connectivity index (χ1v) is 6.40. The number of hydrogen-bond acceptors (Lipinski definition) is 3. The van der Waals surface area contributed by atoms with Gasteiger partial charge in [0.25, 0.3) is 0 Å². The maximum absolute atomic E-state index is 12.7. The topological polar surface area (TPSA) is 34.1 Å². The molecule has 0 atom stereocenters. The van der Waals surface area contributed by atoms with Gasteiger partial charge in [0.05, 0.1) is 18.4 Å². The summed E-state index contributed by atoms with van der Waals surface area (Å²) in [5.74, 6) is 0.352. The van der Waals surface area contributed by atoms with Crippen LogP contribution in [0.4, 0.5) is 24.7 Å². The van der Waals surface area contributed by atoms with Crippen molar-refractivity contribution in [3.8, 4) is 5.75 Å². The summed E-state index contributed by atoms with van der Waals surface area (Å²) < 4.78 is 43.3. The predicted octanol–water partition coefficient (Wildman–Crippen LogP) is 5.16. The number of rotatable bonds is 3. The first kappa shape index (κ1) is 15.7. The van der Waals surface area contributed by atoms with Gasteiger partial charge < -0.3 is 10.1 Å². The van der Waals surface area contributed by atoms with Gasteiger partial charge in [0.15, 0.2) is 0 Å². The number of anilines is 2. The Bertz CT molecular complexity index is 662. The van der Waals surface area contributed by atoms with Crippen LogP contribution in [0.3, 0.4) is 0 Å². The molecule has 0 saturated heterocycles. The molecular weight excluding hydrogens is 328 g/mol. The van der Waals surface area contributed by atoms with E-state index in [4.69, 9.17) is 27.9 Å². The highest BCUT2D eigenvalue weighted by Crippen LogP contribution is 2.34. The van der Waals surface area contributed by atoms with Gasteiger partial charge in [-0.15, -0.1) is 0 Å². The summed E-state index contributed by atoms with van der Waals surface area (Å²) in [5, 5.41) is 2.84. The molecule has 0 aliphatic heterocycles. The lowest BCUT2D eigenvalue weighted by Crippen LogP contribution is -2.07. The standard InChI is InChI=1S/C13H9Cl2F3N2O/c1-21-10-3-2-8(14)6-9(10)19-12-5-7(13(16,17)18)4-11(15)20-12/h2-6H,1H3,(H,19,20). The minimum Gasteiger partial charge on any atom is -0.495 e. The highest BCUT2D eigenvalue weighted by molar-refractivity contribution is 6.31. The van der Waals surface area contributed by atoms with Crippen molar-refractivity contribution in [2.45, 2.75) is 6.18 Å². The van der Waals surface area contributed by atoms with E-state index in [1.165, 1.54) is 13.2 Å². The quantitative estimate of drug-likeness (QED) is 0.786. The van der Waals surface area contributed by atoms with Crippen molar-refractivity contribution in [1.82, 2.24) is 4.98 Å². The molecule has 0 amide bonds. The van der Waals surface area contributed by atoms with Gasteiger partial charge in [-0.05, 0) is 30.3 Å². The first-order chi connectivity index (χ1) is 9.79. The highest BCUT2D eigenvalue weighted by Gasteiger charge is 2.31. The molecule has 8 heteroatoms. The van der Waals surface area contributed by atoms with E-state index in [-0.39, 0.29) is 11.0 Å². The van der Waals surface area contributed by atoms with E-state index in [1.807, 2.05) is 0 Å². The molecule has 0 spiro atoms. The van der Waals surface area contributed by atoms with Gasteiger partial charge in [-0.1, -0.05) is 23.2 Å². The molecule has 21 heavy (non-hydrogen) atoms. The van der Waals surface area contributed by atoms with Crippen LogP contribution in [0.25, 0.3) is 0 Å². The van der Waals surface area contributed by atoms with Crippen LogP contribution in [-0.2, 0) is 6.18 Å². The highest BCUT2D eigenvalue weighted by atomic mass is 35.5. The summed E-state index contributed by atoms with van der Waals surface area (Å²) in [5.41, 5.74) is -0.515. The van der Waals surface area contributed by atoms with Crippen molar-refractivity contribution in [3.63, 3.8) is 0 Å². The minimum absolute atomic E-state index is 0.0598. The number of alkyl halides is 3. The van der Waals surface area contributed by atoms with E-state index < -0.39 is 11.7 Å². The van der Waals surface area contributed by atoms with E-state index in [1.54, 1.807) is 12.1 Å². The number of halogens is 5. The summed E-state index contributed by atoms with van der Waals surface area (Å²) in [6, 6.07) is 6.29. The van der Waals surface area contributed by atoms with Crippen LogP contribution in [0, 0.1) is 0 Å². The molecule has 0 aliphatic rings. The molecule has 2 aromatic rings. The zero-order valence-electron chi connectivity index (χ0n) is 10.6. The monoisotopic (exact) mass is 336 g/mol. The summed E-state index contributed by atoms with van der Waals surface area (Å²) in [6.07, 6.45) is -4.51. The van der Waals surface area contributed by atoms with Gasteiger partial charge in [-0.2, -0.15) is 13.2 Å². The van der Waals surface area contributed by atoms with Gasteiger partial charge in [0.2, 0.25) is 0 Å². The molecule has 0 aliphatic carbocycles. The van der Waals surface area contributed by atoms with Crippen LogP contribution < -0.4 is 10.1 Å². The number of hydrogen-bond donors (Lipinski definition) is 1. The fourth-order valence-corrected chi connectivity index (χ4v) is 2.02. The van der Waals surface area contributed by atoms with Crippen LogP contribution in [0.1, 0.15) is 5.56 Å². The molecule has 1 aromatic carbocycles. The Morgan fingerprint density at radius 3 is 2.48 bits per heavy atom. The number of aromatic nitrogens is 1. The van der Waals surface area contributed by atoms with Gasteiger partial charge >= 0.3 is 6.18 Å². The van der Waals surface area contributed by atoms with E-state index in [9.17, 15) is 13.2 Å². The predicted molar refractivity (Wildman–Crippen MR) is 75.5 cm³/mol. The Labute approximate surface area is 128 Å². The smallest absolute Gasteiger partial charge is 0.416 e. The van der Waals surface area contributed by atoms with E-state index in [0.29, 0.717) is 16.5 Å². The van der Waals surface area contributed by atoms with Crippen molar-refractivity contribution < 1.29 is 17.9 Å². The summed E-state index contributed by atoms with van der Waals surface area (Å²) >= 11 is 11.5. The lowest BCUT2D eigenvalue weighted by atomic mass is 10.2. The normalized spacial score (nSPS) is 11.3. The maximum Gasteiger partial charge on any atom is 0.416 e. The van der Waals surface area contributed by atoms with Crippen molar-refractivity contribution in [1.29, 1.82) is 0 Å². The maximum atomic E-state index is 12.7. The fourth-order valence-electron chi connectivity index (χ4n) is 1.64. The molecule has 0 fully saturated rings. The third-order valence-corrected chi connectivity index (χ3v) is 2.97. The van der Waals surface area contributed by atoms with Gasteiger partial charge in [0, 0.05) is 5.02 Å². The number of ether oxygens (including phenoxy) is 1. The van der Waals surface area contributed by atoms with Crippen molar-refractivity contribution in [2.24, 2.45) is 0 Å². The third-order valence-electron chi connectivity index (χ3n) is 2.55. The fraction of sp³-hybridized carbons (Fsp3) is 0.154. The Morgan fingerprint density at radius 2 is 1.86 bits per heavy atom. The molecule has 0 radical (unpaired) electrons. The van der Waals surface area contributed by atoms with Crippen LogP contribution in [0.15, 0.2) is 30.3 Å². The first-order valence-electron chi connectivity index (χ1n) is 5.65. The molecule has 1 N–H and O–H groups in total. The molecule has 3 nitrogen and oxygen atoms in total. The summed E-state index contributed by atoms with van der Waals surface area (Å²) in [7, 11) is 1.43. The SMILES string of the molecule is COc1ccc(Cl)cc1Nc1cc(C(F)(F)F)cc(Cl)n1. The van der Waals surface area contributed by atoms with Crippen LogP contribution in [0.2, 0.25) is 10.2 Å². The third kappa shape index (κ3) is 3.92. The second-order valence-electron chi connectivity index (χ2n) is 4.03. The second kappa shape index (κ2) is 5.99. The number of methoxy groups -OCH3 is 1. The zero-order chi connectivity index (χ0) is 15.6. The van der Waals surface area contributed by atoms with Gasteiger partial charge in [-0.3, -0.25) is 0 Å². The lowest BCUT2D eigenvalue weighted by molar-refractivity contribution is -0.137. The molecular formula is C13H9Cl2F3N2O. The minimum atomic E-state index is -4.51. The Morgan fingerprint density at radius 1 is 1.14 bits per heavy atom. The average Bonchev–Trinajstić information content (AvgIpc) is 2.37. The summed E-state index contributed by atoms with van der Waals surface area (Å²) in [6.45, 7) is 0.